The molecule has 0 atom stereocenters. The highest BCUT2D eigenvalue weighted by Gasteiger charge is 2.14. The van der Waals surface area contributed by atoms with Gasteiger partial charge in [0.2, 0.25) is 0 Å². The van der Waals surface area contributed by atoms with Crippen LogP contribution in [0.5, 0.6) is 11.5 Å². The third-order valence-corrected chi connectivity index (χ3v) is 4.56. The Morgan fingerprint density at radius 1 is 0.897 bits per heavy atom. The van der Waals surface area contributed by atoms with Crippen LogP contribution in [-0.2, 0) is 16.0 Å². The van der Waals surface area contributed by atoms with Crippen LogP contribution in [0.3, 0.4) is 0 Å². The zero-order valence-corrected chi connectivity index (χ0v) is 17.6. The van der Waals surface area contributed by atoms with Crippen LogP contribution < -0.4 is 14.4 Å². The molecule has 0 aliphatic rings. The lowest BCUT2D eigenvalue weighted by molar-refractivity contribution is -0.133. The zero-order chi connectivity index (χ0) is 21.4. The van der Waals surface area contributed by atoms with Crippen LogP contribution in [0.1, 0.15) is 15.9 Å². The molecule has 0 saturated heterocycles. The van der Waals surface area contributed by atoms with Crippen molar-refractivity contribution in [3.8, 4) is 11.5 Å². The number of carbonyl (C=O) groups is 2. The molecule has 2 rings (SSSR count). The number of ether oxygens (including phenoxy) is 3. The Morgan fingerprint density at radius 2 is 1.55 bits per heavy atom. The predicted octanol–water partition coefficient (Wildman–Crippen LogP) is 2.63. The van der Waals surface area contributed by atoms with E-state index in [0.29, 0.717) is 30.0 Å². The first kappa shape index (κ1) is 22.1. The van der Waals surface area contributed by atoms with E-state index in [0.717, 1.165) is 11.3 Å². The zero-order valence-electron chi connectivity index (χ0n) is 17.6. The lowest BCUT2D eigenvalue weighted by Crippen LogP contribution is -2.32. The molecule has 0 radical (unpaired) electrons. The SMILES string of the molecule is COc1ccc(CCN(C)C(=O)COC(=O)c2ccc(N(C)C)cc2)cc1OC. The standard InChI is InChI=1S/C22H28N2O5/c1-23(2)18-9-7-17(8-10-18)22(26)29-15-21(25)24(3)13-12-16-6-11-19(27-4)20(14-16)28-5/h6-11,14H,12-13,15H2,1-5H3. The van der Waals surface area contributed by atoms with Gasteiger partial charge in [0.15, 0.2) is 18.1 Å². The summed E-state index contributed by atoms with van der Waals surface area (Å²) in [4.78, 5) is 27.9. The van der Waals surface area contributed by atoms with Crippen molar-refractivity contribution in [2.45, 2.75) is 6.42 Å². The molecule has 156 valence electrons. The molecular formula is C22H28N2O5. The molecule has 0 bridgehead atoms. The first-order chi connectivity index (χ1) is 13.8. The van der Waals surface area contributed by atoms with Crippen molar-refractivity contribution in [2.75, 3.05) is 53.4 Å². The number of carbonyl (C=O) groups excluding carboxylic acids is 2. The Bertz CT molecular complexity index is 834. The fraction of sp³-hybridized carbons (Fsp3) is 0.364. The minimum Gasteiger partial charge on any atom is -0.493 e. The van der Waals surface area contributed by atoms with Crippen LogP contribution in [0, 0.1) is 0 Å². The molecule has 0 aromatic heterocycles. The van der Waals surface area contributed by atoms with E-state index in [1.807, 2.05) is 49.3 Å². The normalized spacial score (nSPS) is 10.2. The lowest BCUT2D eigenvalue weighted by atomic mass is 10.1. The molecule has 0 N–H and O–H groups in total. The number of anilines is 1. The minimum absolute atomic E-state index is 0.260. The number of rotatable bonds is 9. The maximum absolute atomic E-state index is 12.3. The molecule has 0 aliphatic carbocycles. The van der Waals surface area contributed by atoms with Crippen LogP contribution in [0.15, 0.2) is 42.5 Å². The van der Waals surface area contributed by atoms with E-state index in [4.69, 9.17) is 14.2 Å². The van der Waals surface area contributed by atoms with E-state index < -0.39 is 5.97 Å². The van der Waals surface area contributed by atoms with Crippen LogP contribution in [0.2, 0.25) is 0 Å². The lowest BCUT2D eigenvalue weighted by Gasteiger charge is -2.18. The van der Waals surface area contributed by atoms with E-state index in [9.17, 15) is 9.59 Å². The van der Waals surface area contributed by atoms with Gasteiger partial charge in [0, 0.05) is 33.4 Å². The smallest absolute Gasteiger partial charge is 0.338 e. The molecule has 0 heterocycles. The second-order valence-electron chi connectivity index (χ2n) is 6.77. The van der Waals surface area contributed by atoms with Gasteiger partial charge in [-0.3, -0.25) is 4.79 Å². The van der Waals surface area contributed by atoms with E-state index in [1.54, 1.807) is 38.3 Å². The van der Waals surface area contributed by atoms with Crippen molar-refractivity contribution in [1.29, 1.82) is 0 Å². The first-order valence-electron chi connectivity index (χ1n) is 9.25. The van der Waals surface area contributed by atoms with Crippen molar-refractivity contribution in [2.24, 2.45) is 0 Å². The number of amides is 1. The molecule has 7 heteroatoms. The average molecular weight is 400 g/mol. The summed E-state index contributed by atoms with van der Waals surface area (Å²) in [6.45, 7) is 0.195. The number of esters is 1. The van der Waals surface area contributed by atoms with Crippen LogP contribution in [0.4, 0.5) is 5.69 Å². The second kappa shape index (κ2) is 10.4. The van der Waals surface area contributed by atoms with Gasteiger partial charge in [-0.1, -0.05) is 6.07 Å². The Labute approximate surface area is 171 Å². The number of hydrogen-bond donors (Lipinski definition) is 0. The van der Waals surface area contributed by atoms with Crippen molar-refractivity contribution in [3.63, 3.8) is 0 Å². The number of benzene rings is 2. The average Bonchev–Trinajstić information content (AvgIpc) is 2.75. The van der Waals surface area contributed by atoms with Crippen molar-refractivity contribution in [1.82, 2.24) is 4.90 Å². The molecule has 0 fully saturated rings. The molecule has 1 amide bonds. The van der Waals surface area contributed by atoms with Gasteiger partial charge >= 0.3 is 5.97 Å². The molecule has 2 aromatic rings. The topological polar surface area (TPSA) is 68.3 Å². The predicted molar refractivity (Wildman–Crippen MR) is 112 cm³/mol. The molecule has 0 aliphatic heterocycles. The molecule has 0 spiro atoms. The molecule has 0 unspecified atom stereocenters. The Morgan fingerprint density at radius 3 is 2.14 bits per heavy atom. The van der Waals surface area contributed by atoms with Gasteiger partial charge in [0.05, 0.1) is 19.8 Å². The largest absolute Gasteiger partial charge is 0.493 e. The van der Waals surface area contributed by atoms with Gasteiger partial charge in [-0.15, -0.1) is 0 Å². The Hall–Kier alpha value is -3.22. The summed E-state index contributed by atoms with van der Waals surface area (Å²) in [6, 6.07) is 12.7. The fourth-order valence-electron chi connectivity index (χ4n) is 2.67. The maximum atomic E-state index is 12.3. The maximum Gasteiger partial charge on any atom is 0.338 e. The van der Waals surface area contributed by atoms with Gasteiger partial charge in [0.1, 0.15) is 0 Å². The highest BCUT2D eigenvalue weighted by atomic mass is 16.5. The summed E-state index contributed by atoms with van der Waals surface area (Å²) in [7, 11) is 8.69. The minimum atomic E-state index is -0.517. The fourth-order valence-corrected chi connectivity index (χ4v) is 2.67. The molecule has 0 saturated carbocycles. The van der Waals surface area contributed by atoms with Crippen molar-refractivity contribution >= 4 is 17.6 Å². The summed E-state index contributed by atoms with van der Waals surface area (Å²) in [5.41, 5.74) is 2.41. The monoisotopic (exact) mass is 400 g/mol. The van der Waals surface area contributed by atoms with Gasteiger partial charge < -0.3 is 24.0 Å². The third kappa shape index (κ3) is 6.14. The Balaban J connectivity index is 1.83. The van der Waals surface area contributed by atoms with E-state index in [1.165, 1.54) is 0 Å². The number of likely N-dealkylation sites (N-methyl/N-ethyl adjacent to an activating group) is 1. The van der Waals surface area contributed by atoms with Crippen LogP contribution in [0.25, 0.3) is 0 Å². The highest BCUT2D eigenvalue weighted by molar-refractivity contribution is 5.91. The molecule has 2 aromatic carbocycles. The van der Waals surface area contributed by atoms with Crippen LogP contribution >= 0.6 is 0 Å². The van der Waals surface area contributed by atoms with E-state index in [2.05, 4.69) is 0 Å². The van der Waals surface area contributed by atoms with Crippen molar-refractivity contribution < 1.29 is 23.8 Å². The molecular weight excluding hydrogens is 372 g/mol. The summed E-state index contributed by atoms with van der Waals surface area (Å²) >= 11 is 0. The second-order valence-corrected chi connectivity index (χ2v) is 6.77. The summed E-state index contributed by atoms with van der Waals surface area (Å²) < 4.78 is 15.7. The summed E-state index contributed by atoms with van der Waals surface area (Å²) in [5, 5.41) is 0. The van der Waals surface area contributed by atoms with Crippen molar-refractivity contribution in [3.05, 3.63) is 53.6 Å². The molecule has 29 heavy (non-hydrogen) atoms. The van der Waals surface area contributed by atoms with Gasteiger partial charge in [0.25, 0.3) is 5.91 Å². The third-order valence-electron chi connectivity index (χ3n) is 4.56. The van der Waals surface area contributed by atoms with E-state index >= 15 is 0 Å². The summed E-state index contributed by atoms with van der Waals surface area (Å²) in [5.74, 6) is 0.528. The quantitative estimate of drug-likeness (QED) is 0.603. The van der Waals surface area contributed by atoms with Gasteiger partial charge in [-0.25, -0.2) is 4.79 Å². The number of hydrogen-bond acceptors (Lipinski definition) is 6. The number of methoxy groups -OCH3 is 2. The highest BCUT2D eigenvalue weighted by Crippen LogP contribution is 2.27. The van der Waals surface area contributed by atoms with Gasteiger partial charge in [-0.2, -0.15) is 0 Å². The summed E-state index contributed by atoms with van der Waals surface area (Å²) in [6.07, 6.45) is 0.641. The molecule has 7 nitrogen and oxygen atoms in total. The first-order valence-corrected chi connectivity index (χ1v) is 9.25. The number of nitrogens with zero attached hydrogens (tertiary/aromatic N) is 2. The van der Waals surface area contributed by atoms with Gasteiger partial charge in [-0.05, 0) is 48.4 Å². The van der Waals surface area contributed by atoms with E-state index in [-0.39, 0.29) is 12.5 Å². The Kier molecular flexibility index (Phi) is 7.88. The van der Waals surface area contributed by atoms with Crippen LogP contribution in [-0.4, -0.2) is 65.3 Å².